The van der Waals surface area contributed by atoms with Crippen LogP contribution in [0.5, 0.6) is 17.4 Å². The highest BCUT2D eigenvalue weighted by Crippen LogP contribution is 2.34. The van der Waals surface area contributed by atoms with Crippen molar-refractivity contribution >= 4 is 5.82 Å². The van der Waals surface area contributed by atoms with Crippen LogP contribution in [-0.2, 0) is 0 Å². The largest absolute Gasteiger partial charge is 0.489 e. The highest BCUT2D eigenvalue weighted by molar-refractivity contribution is 5.55. The lowest BCUT2D eigenvalue weighted by molar-refractivity contribution is 0.369. The van der Waals surface area contributed by atoms with Gasteiger partial charge in [0.05, 0.1) is 7.11 Å². The van der Waals surface area contributed by atoms with Crippen LogP contribution in [0.2, 0.25) is 0 Å². The highest BCUT2D eigenvalue weighted by atomic mass is 16.5. The van der Waals surface area contributed by atoms with Gasteiger partial charge in [0.15, 0.2) is 5.82 Å². The topological polar surface area (TPSA) is 56.3 Å². The Hall–Kier alpha value is -2.30. The molecule has 0 aliphatic carbocycles. The molecule has 0 spiro atoms. The molecule has 5 heteroatoms. The standard InChI is InChI=1S/C14H17N3O2/c1-4-15-13-12(18-3)14(17-9-16-13)19-11-7-5-6-10(2)8-11/h5-9H,4H2,1-3H3,(H,15,16,17). The molecule has 2 rings (SSSR count). The lowest BCUT2D eigenvalue weighted by atomic mass is 10.2. The zero-order chi connectivity index (χ0) is 13.7. The molecular weight excluding hydrogens is 242 g/mol. The third-order valence-electron chi connectivity index (χ3n) is 2.52. The molecule has 1 aromatic carbocycles. The second kappa shape index (κ2) is 6.04. The van der Waals surface area contributed by atoms with Crippen molar-refractivity contribution in [2.45, 2.75) is 13.8 Å². The molecule has 2 aromatic rings. The van der Waals surface area contributed by atoms with E-state index in [2.05, 4.69) is 15.3 Å². The van der Waals surface area contributed by atoms with Crippen LogP contribution in [0.1, 0.15) is 12.5 Å². The average molecular weight is 259 g/mol. The summed E-state index contributed by atoms with van der Waals surface area (Å²) in [6, 6.07) is 7.76. The van der Waals surface area contributed by atoms with E-state index in [1.54, 1.807) is 7.11 Å². The molecule has 1 heterocycles. The summed E-state index contributed by atoms with van der Waals surface area (Å²) in [4.78, 5) is 8.25. The third kappa shape index (κ3) is 3.13. The summed E-state index contributed by atoms with van der Waals surface area (Å²) in [7, 11) is 1.57. The Bertz CT molecular complexity index is 558. The third-order valence-corrected chi connectivity index (χ3v) is 2.52. The Morgan fingerprint density at radius 3 is 2.79 bits per heavy atom. The summed E-state index contributed by atoms with van der Waals surface area (Å²) in [5.41, 5.74) is 1.12. The van der Waals surface area contributed by atoms with Gasteiger partial charge in [-0.2, -0.15) is 4.98 Å². The fraction of sp³-hybridized carbons (Fsp3) is 0.286. The summed E-state index contributed by atoms with van der Waals surface area (Å²) in [6.07, 6.45) is 1.45. The van der Waals surface area contributed by atoms with Gasteiger partial charge in [0, 0.05) is 6.54 Å². The molecule has 19 heavy (non-hydrogen) atoms. The van der Waals surface area contributed by atoms with Crippen LogP contribution in [0.25, 0.3) is 0 Å². The number of aromatic nitrogens is 2. The lowest BCUT2D eigenvalue weighted by Gasteiger charge is -2.12. The number of rotatable bonds is 5. The number of aryl methyl sites for hydroxylation is 1. The summed E-state index contributed by atoms with van der Waals surface area (Å²) >= 11 is 0. The van der Waals surface area contributed by atoms with Gasteiger partial charge >= 0.3 is 0 Å². The van der Waals surface area contributed by atoms with Crippen molar-refractivity contribution in [3.05, 3.63) is 36.2 Å². The number of hydrogen-bond acceptors (Lipinski definition) is 5. The first-order chi connectivity index (χ1) is 9.24. The SMILES string of the molecule is CCNc1ncnc(Oc2cccc(C)c2)c1OC. The molecule has 0 saturated heterocycles. The number of benzene rings is 1. The Labute approximate surface area is 112 Å². The van der Waals surface area contributed by atoms with Crippen LogP contribution >= 0.6 is 0 Å². The van der Waals surface area contributed by atoms with Crippen LogP contribution in [-0.4, -0.2) is 23.6 Å². The Morgan fingerprint density at radius 1 is 1.26 bits per heavy atom. The molecule has 0 saturated carbocycles. The second-order valence-electron chi connectivity index (χ2n) is 4.01. The molecule has 0 aliphatic rings. The van der Waals surface area contributed by atoms with E-state index in [1.807, 2.05) is 38.1 Å². The van der Waals surface area contributed by atoms with Gasteiger partial charge < -0.3 is 14.8 Å². The van der Waals surface area contributed by atoms with Crippen molar-refractivity contribution in [1.29, 1.82) is 0 Å². The van der Waals surface area contributed by atoms with Crippen LogP contribution in [0.15, 0.2) is 30.6 Å². The molecule has 5 nitrogen and oxygen atoms in total. The van der Waals surface area contributed by atoms with Gasteiger partial charge in [-0.25, -0.2) is 4.98 Å². The van der Waals surface area contributed by atoms with E-state index < -0.39 is 0 Å². The average Bonchev–Trinajstić information content (AvgIpc) is 2.39. The van der Waals surface area contributed by atoms with Gasteiger partial charge in [0.25, 0.3) is 5.88 Å². The first-order valence-corrected chi connectivity index (χ1v) is 6.12. The van der Waals surface area contributed by atoms with Crippen molar-refractivity contribution in [2.24, 2.45) is 0 Å². The Balaban J connectivity index is 2.31. The van der Waals surface area contributed by atoms with Gasteiger partial charge in [0.1, 0.15) is 12.1 Å². The van der Waals surface area contributed by atoms with Crippen molar-refractivity contribution in [1.82, 2.24) is 9.97 Å². The van der Waals surface area contributed by atoms with Crippen molar-refractivity contribution in [3.8, 4) is 17.4 Å². The van der Waals surface area contributed by atoms with Crippen LogP contribution in [0.3, 0.4) is 0 Å². The van der Waals surface area contributed by atoms with E-state index >= 15 is 0 Å². The van der Waals surface area contributed by atoms with Crippen LogP contribution < -0.4 is 14.8 Å². The van der Waals surface area contributed by atoms with E-state index in [9.17, 15) is 0 Å². The Morgan fingerprint density at radius 2 is 2.11 bits per heavy atom. The number of ether oxygens (including phenoxy) is 2. The maximum Gasteiger partial charge on any atom is 0.268 e. The van der Waals surface area contributed by atoms with E-state index in [1.165, 1.54) is 6.33 Å². The minimum Gasteiger partial charge on any atom is -0.489 e. The summed E-state index contributed by atoms with van der Waals surface area (Å²) in [6.45, 7) is 4.74. The minimum absolute atomic E-state index is 0.402. The van der Waals surface area contributed by atoms with Crippen LogP contribution in [0.4, 0.5) is 5.82 Å². The lowest BCUT2D eigenvalue weighted by Crippen LogP contribution is -2.04. The van der Waals surface area contributed by atoms with E-state index in [0.29, 0.717) is 17.4 Å². The predicted octanol–water partition coefficient (Wildman–Crippen LogP) is 3.02. The molecule has 0 atom stereocenters. The number of anilines is 1. The fourth-order valence-corrected chi connectivity index (χ4v) is 1.70. The van der Waals surface area contributed by atoms with E-state index in [4.69, 9.17) is 9.47 Å². The molecule has 0 bridgehead atoms. The summed E-state index contributed by atoms with van der Waals surface area (Å²) in [5.74, 6) is 2.26. The molecule has 0 unspecified atom stereocenters. The van der Waals surface area contributed by atoms with Crippen LogP contribution in [0, 0.1) is 6.92 Å². The fourth-order valence-electron chi connectivity index (χ4n) is 1.70. The minimum atomic E-state index is 0.402. The molecule has 0 fully saturated rings. The Kier molecular flexibility index (Phi) is 4.18. The molecule has 1 N–H and O–H groups in total. The number of nitrogens with zero attached hydrogens (tertiary/aromatic N) is 2. The van der Waals surface area contributed by atoms with Crippen molar-refractivity contribution in [2.75, 3.05) is 19.0 Å². The summed E-state index contributed by atoms with van der Waals surface area (Å²) in [5, 5.41) is 3.11. The molecule has 1 aromatic heterocycles. The zero-order valence-electron chi connectivity index (χ0n) is 11.3. The molecule has 100 valence electrons. The first-order valence-electron chi connectivity index (χ1n) is 6.12. The molecule has 0 aliphatic heterocycles. The van der Waals surface area contributed by atoms with E-state index in [0.717, 1.165) is 17.9 Å². The number of methoxy groups -OCH3 is 1. The monoisotopic (exact) mass is 259 g/mol. The smallest absolute Gasteiger partial charge is 0.268 e. The zero-order valence-corrected chi connectivity index (χ0v) is 11.3. The quantitative estimate of drug-likeness (QED) is 0.894. The number of hydrogen-bond donors (Lipinski definition) is 1. The highest BCUT2D eigenvalue weighted by Gasteiger charge is 2.13. The normalized spacial score (nSPS) is 10.1. The first kappa shape index (κ1) is 13.1. The molecular formula is C14H17N3O2. The van der Waals surface area contributed by atoms with Gasteiger partial charge in [-0.1, -0.05) is 12.1 Å². The number of nitrogens with one attached hydrogen (secondary N) is 1. The molecule has 0 radical (unpaired) electrons. The van der Waals surface area contributed by atoms with Gasteiger partial charge in [-0.05, 0) is 31.5 Å². The maximum absolute atomic E-state index is 5.75. The van der Waals surface area contributed by atoms with Gasteiger partial charge in [0.2, 0.25) is 5.75 Å². The van der Waals surface area contributed by atoms with Gasteiger partial charge in [-0.3, -0.25) is 0 Å². The second-order valence-corrected chi connectivity index (χ2v) is 4.01. The maximum atomic E-state index is 5.75. The molecule has 0 amide bonds. The van der Waals surface area contributed by atoms with Crippen molar-refractivity contribution in [3.63, 3.8) is 0 Å². The van der Waals surface area contributed by atoms with E-state index in [-0.39, 0.29) is 0 Å². The summed E-state index contributed by atoms with van der Waals surface area (Å²) < 4.78 is 11.1. The predicted molar refractivity (Wildman–Crippen MR) is 74.0 cm³/mol. The van der Waals surface area contributed by atoms with Crippen molar-refractivity contribution < 1.29 is 9.47 Å². The van der Waals surface area contributed by atoms with Gasteiger partial charge in [-0.15, -0.1) is 0 Å².